The molecule has 3 amide bonds. The number of rotatable bonds is 5. The Bertz CT molecular complexity index is 1170. The van der Waals surface area contributed by atoms with E-state index in [4.69, 9.17) is 16.3 Å². The maximum absolute atomic E-state index is 14.4. The lowest BCUT2D eigenvalue weighted by molar-refractivity contribution is -0.151. The quantitative estimate of drug-likeness (QED) is 0.595. The number of hydrogen-bond acceptors (Lipinski definition) is 5. The molecule has 37 heavy (non-hydrogen) atoms. The van der Waals surface area contributed by atoms with E-state index in [0.717, 1.165) is 0 Å². The summed E-state index contributed by atoms with van der Waals surface area (Å²) in [6.07, 6.45) is 7.91. The van der Waals surface area contributed by atoms with Gasteiger partial charge in [0.2, 0.25) is 11.8 Å². The Morgan fingerprint density at radius 2 is 1.70 bits per heavy atom. The van der Waals surface area contributed by atoms with E-state index < -0.39 is 35.1 Å². The van der Waals surface area contributed by atoms with Gasteiger partial charge < -0.3 is 24.5 Å². The zero-order chi connectivity index (χ0) is 26.7. The number of hydrogen-bond donors (Lipinski definition) is 1. The van der Waals surface area contributed by atoms with Crippen molar-refractivity contribution < 1.29 is 24.2 Å². The molecule has 198 valence electrons. The Kier molecular flexibility index (Phi) is 6.49. The first-order chi connectivity index (χ1) is 17.5. The summed E-state index contributed by atoms with van der Waals surface area (Å²) >= 11 is 6.09. The molecule has 0 bridgehead atoms. The standard InChI is InChI=1S/C28H34ClN3O5/c1-17(2)15-20(16-33)32-23-26(36)31(19-9-7-18(29)8-10-19)14-6-12-28(23)22(25(32)35)21-24(34)30(4)13-5-11-27(21,3)37-28/h5-12,17,20-23,33H,13-16H2,1-4H3/t20-,21+,22+,23?,27-,28+/m1/s1. The maximum atomic E-state index is 14.4. The molecule has 4 aliphatic rings. The van der Waals surface area contributed by atoms with E-state index in [2.05, 4.69) is 0 Å². The van der Waals surface area contributed by atoms with Gasteiger partial charge in [-0.1, -0.05) is 49.8 Å². The summed E-state index contributed by atoms with van der Waals surface area (Å²) in [5.74, 6) is -2.35. The summed E-state index contributed by atoms with van der Waals surface area (Å²) in [7, 11) is 1.71. The van der Waals surface area contributed by atoms with Gasteiger partial charge in [-0.2, -0.15) is 0 Å². The fraction of sp³-hybridized carbons (Fsp3) is 0.536. The molecule has 1 N–H and O–H groups in total. The number of likely N-dealkylation sites (N-methyl/N-ethyl adjacent to an activating group) is 1. The Balaban J connectivity index is 1.68. The van der Waals surface area contributed by atoms with E-state index >= 15 is 0 Å². The number of aliphatic hydroxyl groups excluding tert-OH is 1. The Labute approximate surface area is 222 Å². The number of likely N-dealkylation sites (tertiary alicyclic amines) is 1. The predicted octanol–water partition coefficient (Wildman–Crippen LogP) is 2.65. The van der Waals surface area contributed by atoms with E-state index in [0.29, 0.717) is 23.7 Å². The highest BCUT2D eigenvalue weighted by Crippen LogP contribution is 2.58. The summed E-state index contributed by atoms with van der Waals surface area (Å²) in [6, 6.07) is 5.34. The van der Waals surface area contributed by atoms with Crippen LogP contribution >= 0.6 is 11.6 Å². The lowest BCUT2D eigenvalue weighted by Gasteiger charge is -2.40. The summed E-state index contributed by atoms with van der Waals surface area (Å²) in [5, 5.41) is 11.0. The van der Waals surface area contributed by atoms with Gasteiger partial charge in [0.1, 0.15) is 11.6 Å². The van der Waals surface area contributed by atoms with E-state index in [-0.39, 0.29) is 36.8 Å². The lowest BCUT2D eigenvalue weighted by atomic mass is 9.74. The molecular weight excluding hydrogens is 494 g/mol. The molecule has 2 saturated heterocycles. The molecule has 5 rings (SSSR count). The first kappa shape index (κ1) is 25.9. The van der Waals surface area contributed by atoms with Crippen molar-refractivity contribution in [3.05, 3.63) is 53.6 Å². The van der Waals surface area contributed by atoms with Gasteiger partial charge in [0.15, 0.2) is 0 Å². The van der Waals surface area contributed by atoms with Gasteiger partial charge in [0.05, 0.1) is 30.1 Å². The molecule has 6 atom stereocenters. The lowest BCUT2D eigenvalue weighted by Crippen LogP contribution is -2.59. The summed E-state index contributed by atoms with van der Waals surface area (Å²) < 4.78 is 6.79. The van der Waals surface area contributed by atoms with Crippen molar-refractivity contribution in [2.45, 2.75) is 50.5 Å². The van der Waals surface area contributed by atoms with Gasteiger partial charge in [-0.3, -0.25) is 14.4 Å². The Morgan fingerprint density at radius 3 is 2.35 bits per heavy atom. The number of nitrogens with zero attached hydrogens (tertiary/aromatic N) is 3. The number of amides is 3. The molecule has 4 heterocycles. The molecule has 0 saturated carbocycles. The highest BCUT2D eigenvalue weighted by atomic mass is 35.5. The first-order valence-corrected chi connectivity index (χ1v) is 13.2. The van der Waals surface area contributed by atoms with Gasteiger partial charge in [0.25, 0.3) is 5.91 Å². The van der Waals surface area contributed by atoms with Crippen LogP contribution in [0.5, 0.6) is 0 Å². The second kappa shape index (κ2) is 9.26. The highest BCUT2D eigenvalue weighted by Gasteiger charge is 2.75. The molecule has 1 unspecified atom stereocenters. The van der Waals surface area contributed by atoms with Gasteiger partial charge >= 0.3 is 0 Å². The van der Waals surface area contributed by atoms with E-state index in [9.17, 15) is 19.5 Å². The number of benzene rings is 1. The van der Waals surface area contributed by atoms with Crippen LogP contribution in [0.1, 0.15) is 27.2 Å². The molecule has 1 spiro atoms. The van der Waals surface area contributed by atoms with Crippen molar-refractivity contribution in [1.82, 2.24) is 9.80 Å². The Hall–Kier alpha value is -2.68. The topological polar surface area (TPSA) is 90.4 Å². The third kappa shape index (κ3) is 3.92. The summed E-state index contributed by atoms with van der Waals surface area (Å²) in [4.78, 5) is 47.2. The predicted molar refractivity (Wildman–Crippen MR) is 140 cm³/mol. The molecular formula is C28H34ClN3O5. The first-order valence-electron chi connectivity index (χ1n) is 12.8. The largest absolute Gasteiger partial charge is 0.394 e. The fourth-order valence-corrected chi connectivity index (χ4v) is 6.77. The number of fused-ring (bicyclic) bond motifs is 2. The molecule has 1 aromatic rings. The molecule has 0 aliphatic carbocycles. The number of carbonyl (C=O) groups excluding carboxylic acids is 3. The summed E-state index contributed by atoms with van der Waals surface area (Å²) in [5.41, 5.74) is -1.76. The molecule has 0 radical (unpaired) electrons. The van der Waals surface area contributed by atoms with E-state index in [1.807, 2.05) is 45.1 Å². The van der Waals surface area contributed by atoms with Crippen LogP contribution < -0.4 is 4.90 Å². The minimum Gasteiger partial charge on any atom is -0.394 e. The molecule has 4 aliphatic heterocycles. The average molecular weight is 528 g/mol. The van der Waals surface area contributed by atoms with Crippen LogP contribution in [0.15, 0.2) is 48.6 Å². The number of anilines is 1. The second-order valence-corrected chi connectivity index (χ2v) is 11.6. The summed E-state index contributed by atoms with van der Waals surface area (Å²) in [6.45, 7) is 6.24. The van der Waals surface area contributed by atoms with Crippen LogP contribution in [0.25, 0.3) is 0 Å². The minimum atomic E-state index is -1.35. The third-order valence-corrected chi connectivity index (χ3v) is 8.43. The van der Waals surface area contributed by atoms with Crippen LogP contribution in [0.4, 0.5) is 5.69 Å². The average Bonchev–Trinajstić information content (AvgIpc) is 3.13. The van der Waals surface area contributed by atoms with Crippen LogP contribution in [0, 0.1) is 17.8 Å². The number of halogens is 1. The van der Waals surface area contributed by atoms with Crippen LogP contribution in [-0.4, -0.2) is 82.7 Å². The second-order valence-electron chi connectivity index (χ2n) is 11.2. The SMILES string of the molecule is CC(C)C[C@H](CO)N1C(=O)[C@@H]2[C@H]3C(=O)N(C)CC=C[C@@]3(C)O[C@@]23C=CCN(c2ccc(Cl)cc2)C(=O)C13. The van der Waals surface area contributed by atoms with Crippen molar-refractivity contribution >= 4 is 35.0 Å². The minimum absolute atomic E-state index is 0.171. The zero-order valence-corrected chi connectivity index (χ0v) is 22.4. The van der Waals surface area contributed by atoms with Crippen molar-refractivity contribution in [3.8, 4) is 0 Å². The Morgan fingerprint density at radius 1 is 1.03 bits per heavy atom. The maximum Gasteiger partial charge on any atom is 0.253 e. The molecule has 0 aromatic heterocycles. The molecule has 8 nitrogen and oxygen atoms in total. The fourth-order valence-electron chi connectivity index (χ4n) is 6.65. The van der Waals surface area contributed by atoms with Gasteiger partial charge in [-0.25, -0.2) is 0 Å². The van der Waals surface area contributed by atoms with Crippen LogP contribution in [-0.2, 0) is 19.1 Å². The number of carbonyl (C=O) groups is 3. The van der Waals surface area contributed by atoms with Crippen molar-refractivity contribution in [2.75, 3.05) is 31.6 Å². The van der Waals surface area contributed by atoms with Crippen LogP contribution in [0.3, 0.4) is 0 Å². The van der Waals surface area contributed by atoms with Crippen molar-refractivity contribution in [3.63, 3.8) is 0 Å². The highest BCUT2D eigenvalue weighted by molar-refractivity contribution is 6.30. The van der Waals surface area contributed by atoms with E-state index in [1.165, 1.54) is 4.90 Å². The molecule has 1 aromatic carbocycles. The number of aliphatic hydroxyl groups is 1. The van der Waals surface area contributed by atoms with E-state index in [1.54, 1.807) is 41.1 Å². The molecule has 2 fully saturated rings. The molecule has 9 heteroatoms. The smallest absolute Gasteiger partial charge is 0.253 e. The third-order valence-electron chi connectivity index (χ3n) is 8.18. The zero-order valence-electron chi connectivity index (χ0n) is 21.6. The number of ether oxygens (including phenoxy) is 1. The monoisotopic (exact) mass is 527 g/mol. The van der Waals surface area contributed by atoms with Gasteiger partial charge in [-0.15, -0.1) is 0 Å². The van der Waals surface area contributed by atoms with Crippen molar-refractivity contribution in [1.29, 1.82) is 0 Å². The van der Waals surface area contributed by atoms with Gasteiger partial charge in [-0.05, 0) is 43.5 Å². The van der Waals surface area contributed by atoms with Gasteiger partial charge in [0, 0.05) is 30.8 Å². The van der Waals surface area contributed by atoms with Crippen molar-refractivity contribution in [2.24, 2.45) is 17.8 Å². The van der Waals surface area contributed by atoms with Crippen LogP contribution in [0.2, 0.25) is 5.02 Å². The normalized spacial score (nSPS) is 34.0.